The van der Waals surface area contributed by atoms with Crippen molar-refractivity contribution in [3.05, 3.63) is 48.3 Å². The first kappa shape index (κ1) is 19.7. The van der Waals surface area contributed by atoms with Gasteiger partial charge in [-0.3, -0.25) is 4.79 Å². The standard InChI is InChI=1S/C22H27N7O2/c30-22(28-12-10-26(11-13-28)18-4-2-1-3-5-18)9-8-20-24-23-19-6-7-21(25-29(19)20)27-14-16-31-17-15-27/h1-7H,8-17H2. The highest BCUT2D eigenvalue weighted by atomic mass is 16.5. The Balaban J connectivity index is 1.19. The second kappa shape index (κ2) is 8.89. The summed E-state index contributed by atoms with van der Waals surface area (Å²) in [6, 6.07) is 14.3. The monoisotopic (exact) mass is 421 g/mol. The van der Waals surface area contributed by atoms with Gasteiger partial charge in [0.2, 0.25) is 5.91 Å². The molecule has 0 unspecified atom stereocenters. The molecule has 31 heavy (non-hydrogen) atoms. The van der Waals surface area contributed by atoms with E-state index >= 15 is 0 Å². The van der Waals surface area contributed by atoms with Crippen molar-refractivity contribution in [3.8, 4) is 0 Å². The zero-order valence-electron chi connectivity index (χ0n) is 17.6. The minimum absolute atomic E-state index is 0.161. The summed E-state index contributed by atoms with van der Waals surface area (Å²) in [5.41, 5.74) is 1.92. The maximum absolute atomic E-state index is 12.8. The number of anilines is 2. The number of amides is 1. The van der Waals surface area contributed by atoms with Crippen LogP contribution in [0.15, 0.2) is 42.5 Å². The Labute approximate surface area is 181 Å². The topological polar surface area (TPSA) is 79.1 Å². The molecule has 162 valence electrons. The van der Waals surface area contributed by atoms with Gasteiger partial charge >= 0.3 is 0 Å². The van der Waals surface area contributed by atoms with Crippen LogP contribution in [0.2, 0.25) is 0 Å². The van der Waals surface area contributed by atoms with Crippen LogP contribution in [0.25, 0.3) is 5.65 Å². The molecule has 0 N–H and O–H groups in total. The molecule has 3 aromatic rings. The van der Waals surface area contributed by atoms with E-state index in [4.69, 9.17) is 9.84 Å². The first-order valence-electron chi connectivity index (χ1n) is 10.9. The lowest BCUT2D eigenvalue weighted by atomic mass is 10.2. The van der Waals surface area contributed by atoms with Crippen LogP contribution in [0, 0.1) is 0 Å². The van der Waals surface area contributed by atoms with Crippen molar-refractivity contribution in [1.29, 1.82) is 0 Å². The third-order valence-corrected chi connectivity index (χ3v) is 5.96. The molecule has 1 aromatic carbocycles. The Morgan fingerprint density at radius 3 is 2.42 bits per heavy atom. The highest BCUT2D eigenvalue weighted by molar-refractivity contribution is 5.76. The zero-order valence-corrected chi connectivity index (χ0v) is 17.6. The molecular weight excluding hydrogens is 394 g/mol. The molecule has 2 saturated heterocycles. The molecule has 2 aliphatic heterocycles. The van der Waals surface area contributed by atoms with Crippen LogP contribution in [-0.2, 0) is 16.0 Å². The van der Waals surface area contributed by atoms with Crippen molar-refractivity contribution >= 4 is 23.1 Å². The van der Waals surface area contributed by atoms with Gasteiger partial charge in [0.05, 0.1) is 13.2 Å². The smallest absolute Gasteiger partial charge is 0.223 e. The third kappa shape index (κ3) is 4.32. The molecule has 2 aromatic heterocycles. The summed E-state index contributed by atoms with van der Waals surface area (Å²) in [5.74, 6) is 1.77. The van der Waals surface area contributed by atoms with Crippen LogP contribution < -0.4 is 9.80 Å². The maximum atomic E-state index is 12.8. The van der Waals surface area contributed by atoms with Crippen molar-refractivity contribution in [2.24, 2.45) is 0 Å². The molecule has 0 bridgehead atoms. The molecule has 9 heteroatoms. The quantitative estimate of drug-likeness (QED) is 0.613. The zero-order chi connectivity index (χ0) is 21.0. The number of carbonyl (C=O) groups is 1. The Hall–Kier alpha value is -3.20. The second-order valence-electron chi connectivity index (χ2n) is 7.88. The van der Waals surface area contributed by atoms with Gasteiger partial charge in [-0.1, -0.05) is 18.2 Å². The van der Waals surface area contributed by atoms with Crippen LogP contribution >= 0.6 is 0 Å². The summed E-state index contributed by atoms with van der Waals surface area (Å²) in [6.07, 6.45) is 0.939. The number of para-hydroxylation sites is 1. The predicted molar refractivity (Wildman–Crippen MR) is 117 cm³/mol. The van der Waals surface area contributed by atoms with Crippen molar-refractivity contribution < 1.29 is 9.53 Å². The summed E-state index contributed by atoms with van der Waals surface area (Å²) in [4.78, 5) is 19.3. The van der Waals surface area contributed by atoms with Crippen LogP contribution in [0.4, 0.5) is 11.5 Å². The number of carbonyl (C=O) groups excluding carboxylic acids is 1. The minimum atomic E-state index is 0.161. The van der Waals surface area contributed by atoms with Gasteiger partial charge in [0.25, 0.3) is 0 Å². The fraction of sp³-hybridized carbons (Fsp3) is 0.455. The fourth-order valence-electron chi connectivity index (χ4n) is 4.17. The van der Waals surface area contributed by atoms with E-state index in [0.717, 1.165) is 50.9 Å². The van der Waals surface area contributed by atoms with Crippen LogP contribution in [0.1, 0.15) is 12.2 Å². The van der Waals surface area contributed by atoms with Gasteiger partial charge in [0.15, 0.2) is 11.5 Å². The Morgan fingerprint density at radius 1 is 0.871 bits per heavy atom. The largest absolute Gasteiger partial charge is 0.378 e. The Kier molecular flexibility index (Phi) is 5.66. The van der Waals surface area contributed by atoms with E-state index in [0.29, 0.717) is 31.7 Å². The summed E-state index contributed by atoms with van der Waals surface area (Å²) in [7, 11) is 0. The highest BCUT2D eigenvalue weighted by Crippen LogP contribution is 2.17. The highest BCUT2D eigenvalue weighted by Gasteiger charge is 2.22. The lowest BCUT2D eigenvalue weighted by Gasteiger charge is -2.36. The van der Waals surface area contributed by atoms with E-state index in [-0.39, 0.29) is 5.91 Å². The second-order valence-corrected chi connectivity index (χ2v) is 7.88. The normalized spacial score (nSPS) is 17.4. The number of hydrogen-bond donors (Lipinski definition) is 0. The van der Waals surface area contributed by atoms with E-state index in [1.54, 1.807) is 4.52 Å². The molecule has 2 fully saturated rings. The number of aromatic nitrogens is 4. The van der Waals surface area contributed by atoms with Gasteiger partial charge in [-0.25, -0.2) is 0 Å². The number of ether oxygens (including phenoxy) is 1. The predicted octanol–water partition coefficient (Wildman–Crippen LogP) is 1.24. The average molecular weight is 422 g/mol. The number of aryl methyl sites for hydroxylation is 1. The molecule has 0 saturated carbocycles. The molecule has 5 rings (SSSR count). The fourth-order valence-corrected chi connectivity index (χ4v) is 4.17. The van der Waals surface area contributed by atoms with Crippen molar-refractivity contribution in [2.45, 2.75) is 12.8 Å². The first-order valence-corrected chi connectivity index (χ1v) is 10.9. The Bertz CT molecular complexity index is 1020. The van der Waals surface area contributed by atoms with Gasteiger partial charge < -0.3 is 19.4 Å². The molecular formula is C22H27N7O2. The molecule has 0 radical (unpaired) electrons. The first-order chi connectivity index (χ1) is 15.3. The number of hydrogen-bond acceptors (Lipinski definition) is 7. The summed E-state index contributed by atoms with van der Waals surface area (Å²) in [6.45, 7) is 6.26. The number of morpholine rings is 1. The van der Waals surface area contributed by atoms with Crippen molar-refractivity contribution in [2.75, 3.05) is 62.3 Å². The van der Waals surface area contributed by atoms with E-state index in [1.807, 2.05) is 35.2 Å². The average Bonchev–Trinajstić information content (AvgIpc) is 3.26. The minimum Gasteiger partial charge on any atom is -0.378 e. The third-order valence-electron chi connectivity index (χ3n) is 5.96. The molecule has 1 amide bonds. The number of piperazine rings is 1. The van der Waals surface area contributed by atoms with E-state index in [1.165, 1.54) is 5.69 Å². The number of nitrogens with zero attached hydrogens (tertiary/aromatic N) is 7. The number of rotatable bonds is 5. The van der Waals surface area contributed by atoms with E-state index in [9.17, 15) is 4.79 Å². The number of benzene rings is 1. The van der Waals surface area contributed by atoms with Gasteiger partial charge in [0, 0.05) is 57.8 Å². The summed E-state index contributed by atoms with van der Waals surface area (Å²) >= 11 is 0. The van der Waals surface area contributed by atoms with E-state index in [2.05, 4.69) is 32.1 Å². The van der Waals surface area contributed by atoms with E-state index < -0.39 is 0 Å². The molecule has 0 aliphatic carbocycles. The molecule has 9 nitrogen and oxygen atoms in total. The molecule has 2 aliphatic rings. The number of fused-ring (bicyclic) bond motifs is 1. The molecule has 4 heterocycles. The van der Waals surface area contributed by atoms with Gasteiger partial charge in [-0.2, -0.15) is 4.52 Å². The Morgan fingerprint density at radius 2 is 1.65 bits per heavy atom. The van der Waals surface area contributed by atoms with Gasteiger partial charge in [-0.05, 0) is 24.3 Å². The maximum Gasteiger partial charge on any atom is 0.223 e. The van der Waals surface area contributed by atoms with Crippen molar-refractivity contribution in [3.63, 3.8) is 0 Å². The van der Waals surface area contributed by atoms with Crippen molar-refractivity contribution in [1.82, 2.24) is 24.7 Å². The summed E-state index contributed by atoms with van der Waals surface area (Å²) < 4.78 is 7.19. The van der Waals surface area contributed by atoms with Gasteiger partial charge in [0.1, 0.15) is 5.82 Å². The lowest BCUT2D eigenvalue weighted by Crippen LogP contribution is -2.48. The summed E-state index contributed by atoms with van der Waals surface area (Å²) in [5, 5.41) is 13.2. The molecule has 0 atom stereocenters. The van der Waals surface area contributed by atoms with Crippen LogP contribution in [0.5, 0.6) is 0 Å². The SMILES string of the molecule is O=C(CCc1nnc2ccc(N3CCOCC3)nn12)N1CCN(c2ccccc2)CC1. The van der Waals surface area contributed by atoms with Crippen LogP contribution in [0.3, 0.4) is 0 Å². The van der Waals surface area contributed by atoms with Crippen LogP contribution in [-0.4, -0.2) is 83.1 Å². The van der Waals surface area contributed by atoms with Gasteiger partial charge in [-0.15, -0.1) is 15.3 Å². The lowest BCUT2D eigenvalue weighted by molar-refractivity contribution is -0.131. The molecule has 0 spiro atoms.